The van der Waals surface area contributed by atoms with E-state index >= 15 is 0 Å². The van der Waals surface area contributed by atoms with Gasteiger partial charge in [-0.1, -0.05) is 30.0 Å². The van der Waals surface area contributed by atoms with Gasteiger partial charge in [0.1, 0.15) is 5.03 Å². The third kappa shape index (κ3) is 2.57. The Morgan fingerprint density at radius 2 is 1.93 bits per heavy atom. The topological polar surface area (TPSA) is 12.9 Å². The first kappa shape index (κ1) is 10.2. The molecule has 3 heteroatoms. The highest BCUT2D eigenvalue weighted by molar-refractivity contribution is 7.99. The highest BCUT2D eigenvalue weighted by Crippen LogP contribution is 2.27. The summed E-state index contributed by atoms with van der Waals surface area (Å²) in [5.41, 5.74) is 0.838. The van der Waals surface area contributed by atoms with E-state index in [1.807, 2.05) is 37.3 Å². The smallest absolute Gasteiger partial charge is 0.156 e. The summed E-state index contributed by atoms with van der Waals surface area (Å²) in [4.78, 5) is 5.05. The van der Waals surface area contributed by atoms with E-state index < -0.39 is 0 Å². The van der Waals surface area contributed by atoms with Crippen LogP contribution in [-0.2, 0) is 0 Å². The summed E-state index contributed by atoms with van der Waals surface area (Å²) in [7, 11) is 0. The first-order valence-corrected chi connectivity index (χ1v) is 5.42. The predicted molar refractivity (Wildman–Crippen MR) is 59.5 cm³/mol. The van der Waals surface area contributed by atoms with Gasteiger partial charge in [0.25, 0.3) is 0 Å². The molecule has 0 saturated heterocycles. The number of aryl methyl sites for hydroxylation is 1. The zero-order valence-electron chi connectivity index (χ0n) is 8.27. The highest BCUT2D eigenvalue weighted by Gasteiger charge is 2.05. The van der Waals surface area contributed by atoms with Crippen LogP contribution in [0.15, 0.2) is 52.5 Å². The molecule has 0 atom stereocenters. The van der Waals surface area contributed by atoms with Crippen molar-refractivity contribution in [3.63, 3.8) is 0 Å². The molecule has 1 aromatic heterocycles. The Labute approximate surface area is 92.4 Å². The van der Waals surface area contributed by atoms with Crippen LogP contribution in [0.4, 0.5) is 4.39 Å². The molecule has 76 valence electrons. The lowest BCUT2D eigenvalue weighted by atomic mass is 10.3. The third-order valence-electron chi connectivity index (χ3n) is 1.90. The molecule has 0 saturated carbocycles. The van der Waals surface area contributed by atoms with Crippen molar-refractivity contribution in [1.82, 2.24) is 4.98 Å². The van der Waals surface area contributed by atoms with E-state index in [2.05, 4.69) is 4.98 Å². The van der Waals surface area contributed by atoms with Crippen molar-refractivity contribution in [3.8, 4) is 0 Å². The molecule has 2 aromatic rings. The molecule has 0 aliphatic carbocycles. The maximum Gasteiger partial charge on any atom is 0.156 e. The van der Waals surface area contributed by atoms with Gasteiger partial charge in [-0.2, -0.15) is 0 Å². The average Bonchev–Trinajstić information content (AvgIpc) is 2.24. The zero-order chi connectivity index (χ0) is 10.7. The fourth-order valence-corrected chi connectivity index (χ4v) is 1.97. The minimum atomic E-state index is -0.260. The second-order valence-electron chi connectivity index (χ2n) is 3.21. The van der Waals surface area contributed by atoms with E-state index in [4.69, 9.17) is 0 Å². The van der Waals surface area contributed by atoms with E-state index in [1.54, 1.807) is 6.20 Å². The standard InChI is InChI=1S/C12H10FNS/c1-9-7-11(13)12(14-8-9)15-10-5-3-2-4-6-10/h2-8H,1H3. The van der Waals surface area contributed by atoms with Crippen LogP contribution < -0.4 is 0 Å². The van der Waals surface area contributed by atoms with Crippen molar-refractivity contribution in [2.45, 2.75) is 16.8 Å². The lowest BCUT2D eigenvalue weighted by molar-refractivity contribution is 0.586. The Morgan fingerprint density at radius 3 is 2.60 bits per heavy atom. The van der Waals surface area contributed by atoms with Crippen molar-refractivity contribution >= 4 is 11.8 Å². The van der Waals surface area contributed by atoms with E-state index in [0.717, 1.165) is 10.5 Å². The van der Waals surface area contributed by atoms with Crippen LogP contribution >= 0.6 is 11.8 Å². The van der Waals surface area contributed by atoms with Crippen LogP contribution in [0.5, 0.6) is 0 Å². The van der Waals surface area contributed by atoms with Gasteiger partial charge in [0.15, 0.2) is 5.82 Å². The van der Waals surface area contributed by atoms with Crippen LogP contribution in [0.3, 0.4) is 0 Å². The average molecular weight is 219 g/mol. The summed E-state index contributed by atoms with van der Waals surface area (Å²) < 4.78 is 13.5. The molecule has 15 heavy (non-hydrogen) atoms. The van der Waals surface area contributed by atoms with Gasteiger partial charge >= 0.3 is 0 Å². The van der Waals surface area contributed by atoms with Gasteiger partial charge in [-0.3, -0.25) is 0 Å². The minimum absolute atomic E-state index is 0.260. The molecule has 0 bridgehead atoms. The van der Waals surface area contributed by atoms with Crippen molar-refractivity contribution in [1.29, 1.82) is 0 Å². The molecule has 0 N–H and O–H groups in total. The summed E-state index contributed by atoms with van der Waals surface area (Å²) in [6.45, 7) is 1.83. The fourth-order valence-electron chi connectivity index (χ4n) is 1.20. The predicted octanol–water partition coefficient (Wildman–Crippen LogP) is 3.68. The van der Waals surface area contributed by atoms with Crippen molar-refractivity contribution in [2.75, 3.05) is 0 Å². The third-order valence-corrected chi connectivity index (χ3v) is 2.90. The van der Waals surface area contributed by atoms with Crippen LogP contribution in [0, 0.1) is 12.7 Å². The number of rotatable bonds is 2. The number of nitrogens with zero attached hydrogens (tertiary/aromatic N) is 1. The summed E-state index contributed by atoms with van der Waals surface area (Å²) in [5.74, 6) is -0.260. The molecule has 1 aromatic carbocycles. The maximum absolute atomic E-state index is 13.5. The lowest BCUT2D eigenvalue weighted by Gasteiger charge is -2.02. The molecule has 0 unspecified atom stereocenters. The molecular weight excluding hydrogens is 209 g/mol. The van der Waals surface area contributed by atoms with Gasteiger partial charge in [-0.15, -0.1) is 0 Å². The highest BCUT2D eigenvalue weighted by atomic mass is 32.2. The zero-order valence-corrected chi connectivity index (χ0v) is 9.09. The number of halogens is 1. The molecule has 0 amide bonds. The molecule has 0 fully saturated rings. The monoisotopic (exact) mass is 219 g/mol. The Balaban J connectivity index is 2.25. The Kier molecular flexibility index (Phi) is 3.02. The van der Waals surface area contributed by atoms with E-state index in [9.17, 15) is 4.39 Å². The summed E-state index contributed by atoms with van der Waals surface area (Å²) >= 11 is 1.34. The molecule has 1 heterocycles. The van der Waals surface area contributed by atoms with Crippen molar-refractivity contribution in [3.05, 3.63) is 54.0 Å². The SMILES string of the molecule is Cc1cnc(Sc2ccccc2)c(F)c1. The normalized spacial score (nSPS) is 10.3. The Morgan fingerprint density at radius 1 is 1.20 bits per heavy atom. The fraction of sp³-hybridized carbons (Fsp3) is 0.0833. The first-order chi connectivity index (χ1) is 7.25. The second-order valence-corrected chi connectivity index (χ2v) is 4.28. The van der Waals surface area contributed by atoms with Crippen LogP contribution in [-0.4, -0.2) is 4.98 Å². The molecule has 0 aliphatic rings. The molecule has 1 nitrogen and oxygen atoms in total. The largest absolute Gasteiger partial charge is 0.246 e. The molecule has 0 radical (unpaired) electrons. The van der Waals surface area contributed by atoms with Gasteiger partial charge in [0, 0.05) is 11.1 Å². The van der Waals surface area contributed by atoms with Gasteiger partial charge in [-0.05, 0) is 30.7 Å². The molecule has 2 rings (SSSR count). The maximum atomic E-state index is 13.5. The Hall–Kier alpha value is -1.35. The molecular formula is C12H10FNS. The van der Waals surface area contributed by atoms with Gasteiger partial charge in [-0.25, -0.2) is 9.37 Å². The minimum Gasteiger partial charge on any atom is -0.246 e. The first-order valence-electron chi connectivity index (χ1n) is 4.61. The van der Waals surface area contributed by atoms with E-state index in [0.29, 0.717) is 5.03 Å². The van der Waals surface area contributed by atoms with Crippen molar-refractivity contribution in [2.24, 2.45) is 0 Å². The summed E-state index contributed by atoms with van der Waals surface area (Å²) in [5, 5.41) is 0.423. The number of aromatic nitrogens is 1. The van der Waals surface area contributed by atoms with Crippen LogP contribution in [0.25, 0.3) is 0 Å². The van der Waals surface area contributed by atoms with Gasteiger partial charge in [0.2, 0.25) is 0 Å². The summed E-state index contributed by atoms with van der Waals surface area (Å²) in [6, 6.07) is 11.2. The Bertz CT molecular complexity index is 456. The van der Waals surface area contributed by atoms with Crippen LogP contribution in [0.2, 0.25) is 0 Å². The number of hydrogen-bond donors (Lipinski definition) is 0. The molecule has 0 aliphatic heterocycles. The summed E-state index contributed by atoms with van der Waals surface area (Å²) in [6.07, 6.45) is 1.67. The van der Waals surface area contributed by atoms with Gasteiger partial charge in [0.05, 0.1) is 0 Å². The van der Waals surface area contributed by atoms with E-state index in [1.165, 1.54) is 17.8 Å². The number of benzene rings is 1. The van der Waals surface area contributed by atoms with Gasteiger partial charge < -0.3 is 0 Å². The number of pyridine rings is 1. The quantitative estimate of drug-likeness (QED) is 0.764. The van der Waals surface area contributed by atoms with Crippen molar-refractivity contribution < 1.29 is 4.39 Å². The lowest BCUT2D eigenvalue weighted by Crippen LogP contribution is -1.87. The molecule has 0 spiro atoms. The van der Waals surface area contributed by atoms with E-state index in [-0.39, 0.29) is 5.82 Å². The van der Waals surface area contributed by atoms with Crippen LogP contribution in [0.1, 0.15) is 5.56 Å². The number of hydrogen-bond acceptors (Lipinski definition) is 2. The second kappa shape index (κ2) is 4.45.